The largest absolute Gasteiger partial charge is 0.325 e. The van der Waals surface area contributed by atoms with Crippen molar-refractivity contribution >= 4 is 23.2 Å². The predicted octanol–water partition coefficient (Wildman–Crippen LogP) is 3.73. The van der Waals surface area contributed by atoms with Crippen LogP contribution in [0, 0.1) is 13.8 Å². The third-order valence-electron chi connectivity index (χ3n) is 3.42. The maximum absolute atomic E-state index is 11.9. The van der Waals surface area contributed by atoms with Gasteiger partial charge in [0.2, 0.25) is 5.91 Å². The van der Waals surface area contributed by atoms with Gasteiger partial charge in [0.1, 0.15) is 0 Å². The van der Waals surface area contributed by atoms with E-state index >= 15 is 0 Å². The zero-order valence-electron chi connectivity index (χ0n) is 12.9. The Bertz CT molecular complexity index is 655. The molecule has 4 heteroatoms. The number of nitrogens with one attached hydrogen (secondary N) is 2. The van der Waals surface area contributed by atoms with Crippen molar-refractivity contribution in [2.75, 3.05) is 18.4 Å². The molecule has 0 atom stereocenters. The molecule has 0 radical (unpaired) electrons. The smallest absolute Gasteiger partial charge is 0.238 e. The van der Waals surface area contributed by atoms with Crippen molar-refractivity contribution in [1.29, 1.82) is 0 Å². The summed E-state index contributed by atoms with van der Waals surface area (Å²) in [4.78, 5) is 11.9. The second kappa shape index (κ2) is 7.97. The minimum atomic E-state index is -0.0296. The van der Waals surface area contributed by atoms with Crippen LogP contribution in [0.15, 0.2) is 42.5 Å². The summed E-state index contributed by atoms with van der Waals surface area (Å²) >= 11 is 5.94. The summed E-state index contributed by atoms with van der Waals surface area (Å²) in [5.74, 6) is -0.0296. The van der Waals surface area contributed by atoms with E-state index in [2.05, 4.69) is 16.7 Å². The first-order valence-electron chi connectivity index (χ1n) is 7.37. The Hall–Kier alpha value is -1.84. The van der Waals surface area contributed by atoms with E-state index in [0.717, 1.165) is 34.8 Å². The van der Waals surface area contributed by atoms with Gasteiger partial charge in [-0.1, -0.05) is 41.4 Å². The minimum Gasteiger partial charge on any atom is -0.325 e. The Balaban J connectivity index is 1.74. The summed E-state index contributed by atoms with van der Waals surface area (Å²) in [7, 11) is 0. The van der Waals surface area contributed by atoms with Gasteiger partial charge in [0.05, 0.1) is 6.54 Å². The van der Waals surface area contributed by atoms with Crippen molar-refractivity contribution in [3.63, 3.8) is 0 Å². The number of hydrogen-bond donors (Lipinski definition) is 2. The van der Waals surface area contributed by atoms with Crippen LogP contribution in [0.3, 0.4) is 0 Å². The van der Waals surface area contributed by atoms with Crippen LogP contribution in [0.2, 0.25) is 5.02 Å². The lowest BCUT2D eigenvalue weighted by atomic mass is 10.1. The molecule has 2 aromatic rings. The van der Waals surface area contributed by atoms with E-state index in [4.69, 9.17) is 11.6 Å². The van der Waals surface area contributed by atoms with E-state index in [0.29, 0.717) is 6.54 Å². The maximum atomic E-state index is 11.9. The fourth-order valence-electron chi connectivity index (χ4n) is 2.28. The number of amides is 1. The fourth-order valence-corrected chi connectivity index (χ4v) is 2.49. The number of aryl methyl sites for hydroxylation is 2. The van der Waals surface area contributed by atoms with Crippen molar-refractivity contribution in [2.24, 2.45) is 0 Å². The summed E-state index contributed by atoms with van der Waals surface area (Å²) in [6.45, 7) is 5.07. The van der Waals surface area contributed by atoms with Crippen molar-refractivity contribution in [2.45, 2.75) is 20.3 Å². The first-order chi connectivity index (χ1) is 10.5. The molecule has 116 valence electrons. The van der Waals surface area contributed by atoms with Gasteiger partial charge in [0, 0.05) is 10.7 Å². The van der Waals surface area contributed by atoms with Crippen LogP contribution in [0.4, 0.5) is 5.69 Å². The van der Waals surface area contributed by atoms with Crippen LogP contribution in [-0.2, 0) is 11.2 Å². The SMILES string of the molecule is Cc1ccc(NC(=O)CNCCc2cccc(Cl)c2)c(C)c1. The summed E-state index contributed by atoms with van der Waals surface area (Å²) in [5.41, 5.74) is 4.30. The first kappa shape index (κ1) is 16.5. The molecule has 2 aromatic carbocycles. The third kappa shape index (κ3) is 5.17. The molecule has 0 bridgehead atoms. The van der Waals surface area contributed by atoms with E-state index in [1.165, 1.54) is 5.56 Å². The van der Waals surface area contributed by atoms with Gasteiger partial charge >= 0.3 is 0 Å². The van der Waals surface area contributed by atoms with Crippen LogP contribution >= 0.6 is 11.6 Å². The summed E-state index contributed by atoms with van der Waals surface area (Å²) in [6, 6.07) is 13.8. The highest BCUT2D eigenvalue weighted by Crippen LogP contribution is 2.15. The molecule has 0 aliphatic carbocycles. The molecule has 0 aromatic heterocycles. The Morgan fingerprint density at radius 1 is 1.14 bits per heavy atom. The van der Waals surface area contributed by atoms with Gasteiger partial charge in [-0.3, -0.25) is 4.79 Å². The highest BCUT2D eigenvalue weighted by molar-refractivity contribution is 6.30. The Morgan fingerprint density at radius 3 is 2.68 bits per heavy atom. The molecule has 2 rings (SSSR count). The molecule has 22 heavy (non-hydrogen) atoms. The Morgan fingerprint density at radius 2 is 1.95 bits per heavy atom. The fraction of sp³-hybridized carbons (Fsp3) is 0.278. The number of carbonyl (C=O) groups is 1. The average molecular weight is 317 g/mol. The molecule has 0 saturated heterocycles. The zero-order chi connectivity index (χ0) is 15.9. The average Bonchev–Trinajstić information content (AvgIpc) is 2.47. The number of benzene rings is 2. The van der Waals surface area contributed by atoms with Crippen LogP contribution in [0.5, 0.6) is 0 Å². The van der Waals surface area contributed by atoms with Gasteiger partial charge in [-0.2, -0.15) is 0 Å². The number of carbonyl (C=O) groups excluding carboxylic acids is 1. The van der Waals surface area contributed by atoms with Crippen molar-refractivity contribution in [3.8, 4) is 0 Å². The Kier molecular flexibility index (Phi) is 5.99. The first-order valence-corrected chi connectivity index (χ1v) is 7.74. The quantitative estimate of drug-likeness (QED) is 0.797. The van der Waals surface area contributed by atoms with Crippen molar-refractivity contribution < 1.29 is 4.79 Å². The van der Waals surface area contributed by atoms with Crippen LogP contribution in [0.1, 0.15) is 16.7 Å². The molecule has 0 fully saturated rings. The number of hydrogen-bond acceptors (Lipinski definition) is 2. The molecule has 3 nitrogen and oxygen atoms in total. The van der Waals surface area contributed by atoms with E-state index < -0.39 is 0 Å². The van der Waals surface area contributed by atoms with E-state index in [-0.39, 0.29) is 5.91 Å². The molecule has 0 spiro atoms. The van der Waals surface area contributed by atoms with Crippen LogP contribution in [-0.4, -0.2) is 19.0 Å². The predicted molar refractivity (Wildman–Crippen MR) is 92.6 cm³/mol. The van der Waals surface area contributed by atoms with E-state index in [1.807, 2.05) is 50.2 Å². The topological polar surface area (TPSA) is 41.1 Å². The molecule has 0 heterocycles. The number of anilines is 1. The maximum Gasteiger partial charge on any atom is 0.238 e. The molecule has 0 unspecified atom stereocenters. The lowest BCUT2D eigenvalue weighted by molar-refractivity contribution is -0.115. The highest BCUT2D eigenvalue weighted by Gasteiger charge is 2.04. The second-order valence-electron chi connectivity index (χ2n) is 5.42. The molecule has 1 amide bonds. The normalized spacial score (nSPS) is 10.5. The molecular formula is C18H21ClN2O. The van der Waals surface area contributed by atoms with Gasteiger partial charge in [-0.25, -0.2) is 0 Å². The number of rotatable bonds is 6. The standard InChI is InChI=1S/C18H21ClN2O/c1-13-6-7-17(14(2)10-13)21-18(22)12-20-9-8-15-4-3-5-16(19)11-15/h3-7,10-11,20H,8-9,12H2,1-2H3,(H,21,22). The van der Waals surface area contributed by atoms with Gasteiger partial charge in [-0.05, 0) is 56.1 Å². The molecule has 0 aliphatic rings. The summed E-state index contributed by atoms with van der Waals surface area (Å²) in [5, 5.41) is 6.81. The van der Waals surface area contributed by atoms with Gasteiger partial charge < -0.3 is 10.6 Å². The minimum absolute atomic E-state index is 0.0296. The second-order valence-corrected chi connectivity index (χ2v) is 5.86. The van der Waals surface area contributed by atoms with E-state index in [1.54, 1.807) is 0 Å². The van der Waals surface area contributed by atoms with Gasteiger partial charge in [0.15, 0.2) is 0 Å². The molecule has 0 saturated carbocycles. The lowest BCUT2D eigenvalue weighted by Crippen LogP contribution is -2.29. The highest BCUT2D eigenvalue weighted by atomic mass is 35.5. The monoisotopic (exact) mass is 316 g/mol. The van der Waals surface area contributed by atoms with Crippen LogP contribution in [0.25, 0.3) is 0 Å². The van der Waals surface area contributed by atoms with Crippen molar-refractivity contribution in [1.82, 2.24) is 5.32 Å². The lowest BCUT2D eigenvalue weighted by Gasteiger charge is -2.10. The van der Waals surface area contributed by atoms with Crippen molar-refractivity contribution in [3.05, 3.63) is 64.2 Å². The summed E-state index contributed by atoms with van der Waals surface area (Å²) < 4.78 is 0. The third-order valence-corrected chi connectivity index (χ3v) is 3.66. The molecule has 0 aliphatic heterocycles. The van der Waals surface area contributed by atoms with E-state index in [9.17, 15) is 4.79 Å². The Labute approximate surface area is 136 Å². The molecular weight excluding hydrogens is 296 g/mol. The van der Waals surface area contributed by atoms with Gasteiger partial charge in [0.25, 0.3) is 0 Å². The zero-order valence-corrected chi connectivity index (χ0v) is 13.7. The number of halogens is 1. The summed E-state index contributed by atoms with van der Waals surface area (Å²) in [6.07, 6.45) is 0.845. The molecule has 2 N–H and O–H groups in total. The van der Waals surface area contributed by atoms with Crippen LogP contribution < -0.4 is 10.6 Å². The van der Waals surface area contributed by atoms with Gasteiger partial charge in [-0.15, -0.1) is 0 Å².